The predicted octanol–water partition coefficient (Wildman–Crippen LogP) is 3.02. The molecule has 0 aromatic heterocycles. The number of cyclic esters (lactones) is 1. The van der Waals surface area contributed by atoms with Gasteiger partial charge in [0.05, 0.1) is 18.1 Å². The van der Waals surface area contributed by atoms with Crippen molar-refractivity contribution in [2.24, 2.45) is 34.5 Å². The van der Waals surface area contributed by atoms with Gasteiger partial charge >= 0.3 is 11.9 Å². The third-order valence-electron chi connectivity index (χ3n) is 11.6. The van der Waals surface area contributed by atoms with Crippen LogP contribution in [0.25, 0.3) is 0 Å². The van der Waals surface area contributed by atoms with E-state index in [1.54, 1.807) is 32.9 Å². The van der Waals surface area contributed by atoms with E-state index in [2.05, 4.69) is 0 Å². The quantitative estimate of drug-likeness (QED) is 0.473. The Kier molecular flexibility index (Phi) is 6.52. The zero-order chi connectivity index (χ0) is 27.8. The lowest BCUT2D eigenvalue weighted by atomic mass is 9.42. The first-order valence-electron chi connectivity index (χ1n) is 14.0. The molecule has 4 aliphatic carbocycles. The van der Waals surface area contributed by atoms with E-state index >= 15 is 0 Å². The minimum absolute atomic E-state index is 0.0375. The van der Waals surface area contributed by atoms with E-state index in [1.165, 1.54) is 6.92 Å². The molecule has 10 unspecified atom stereocenters. The van der Waals surface area contributed by atoms with E-state index in [9.17, 15) is 29.7 Å². The van der Waals surface area contributed by atoms with Gasteiger partial charge in [-0.25, -0.2) is 4.79 Å². The largest absolute Gasteiger partial charge is 0.465 e. The second-order valence-electron chi connectivity index (χ2n) is 13.1. The van der Waals surface area contributed by atoms with E-state index in [0.29, 0.717) is 37.7 Å². The molecule has 38 heavy (non-hydrogen) atoms. The fourth-order valence-electron chi connectivity index (χ4n) is 9.33. The van der Waals surface area contributed by atoms with Crippen LogP contribution in [0.1, 0.15) is 79.6 Å². The first-order valence-corrected chi connectivity index (χ1v) is 14.0. The molecule has 0 amide bonds. The molecular weight excluding hydrogens is 488 g/mol. The maximum absolute atomic E-state index is 13.3. The average Bonchev–Trinajstić information content (AvgIpc) is 3.24. The number of hydrogen-bond acceptors (Lipinski definition) is 8. The number of esters is 2. The molecule has 8 nitrogen and oxygen atoms in total. The summed E-state index contributed by atoms with van der Waals surface area (Å²) < 4.78 is 11.4. The van der Waals surface area contributed by atoms with Crippen LogP contribution >= 0.6 is 0 Å². The van der Waals surface area contributed by atoms with Crippen LogP contribution in [-0.2, 0) is 23.9 Å². The first kappa shape index (κ1) is 27.5. The van der Waals surface area contributed by atoms with Gasteiger partial charge in [0, 0.05) is 30.3 Å². The minimum Gasteiger partial charge on any atom is -0.465 e. The number of fused-ring (bicyclic) bond motifs is 5. The number of allylic oxidation sites excluding steroid dienone is 1. The number of aliphatic hydroxyl groups is 3. The molecule has 1 aliphatic heterocycles. The number of rotatable bonds is 4. The topological polar surface area (TPSA) is 130 Å². The van der Waals surface area contributed by atoms with Gasteiger partial charge in [0.1, 0.15) is 17.3 Å². The molecule has 3 fully saturated rings. The standard InChI is InChI=1S/C30H42O8/c1-16-13-25(38-26(34)17(16)2)28(5,35)22-9-8-21-19-14-24(33)30(36)11-6-7-23(32)27(30,4)20(19)10-12-29(21,22)15-37-18(3)31/h6-7,19-22,24-25,33,35-36H,8-15H2,1-5H3. The molecule has 8 heteroatoms. The van der Waals surface area contributed by atoms with Crippen LogP contribution in [0, 0.1) is 34.5 Å². The number of hydrogen-bond donors (Lipinski definition) is 3. The highest BCUT2D eigenvalue weighted by atomic mass is 16.6. The normalized spacial score (nSPS) is 46.0. The summed E-state index contributed by atoms with van der Waals surface area (Å²) in [5.74, 6) is -1.57. The summed E-state index contributed by atoms with van der Waals surface area (Å²) in [7, 11) is 0. The summed E-state index contributed by atoms with van der Waals surface area (Å²) in [6.45, 7) is 8.65. The third-order valence-corrected chi connectivity index (χ3v) is 11.6. The molecule has 0 radical (unpaired) electrons. The summed E-state index contributed by atoms with van der Waals surface area (Å²) in [4.78, 5) is 37.9. The van der Waals surface area contributed by atoms with Crippen LogP contribution < -0.4 is 0 Å². The van der Waals surface area contributed by atoms with E-state index in [0.717, 1.165) is 12.0 Å². The molecule has 5 rings (SSSR count). The van der Waals surface area contributed by atoms with Gasteiger partial charge in [-0.1, -0.05) is 11.6 Å². The Morgan fingerprint density at radius 3 is 2.58 bits per heavy atom. The van der Waals surface area contributed by atoms with Crippen molar-refractivity contribution in [3.8, 4) is 0 Å². The number of ether oxygens (including phenoxy) is 2. The second-order valence-corrected chi connectivity index (χ2v) is 13.1. The van der Waals surface area contributed by atoms with Crippen LogP contribution in [0.2, 0.25) is 0 Å². The lowest BCUT2D eigenvalue weighted by Crippen LogP contribution is -2.70. The minimum atomic E-state index is -1.52. The van der Waals surface area contributed by atoms with Gasteiger partial charge in [-0.05, 0) is 90.0 Å². The Morgan fingerprint density at radius 2 is 1.92 bits per heavy atom. The van der Waals surface area contributed by atoms with Crippen molar-refractivity contribution < 1.29 is 39.2 Å². The molecule has 0 spiro atoms. The van der Waals surface area contributed by atoms with Crippen LogP contribution in [0.3, 0.4) is 0 Å². The molecule has 10 atom stereocenters. The second kappa shape index (κ2) is 9.00. The molecule has 3 saturated carbocycles. The number of ketones is 1. The van der Waals surface area contributed by atoms with Crippen molar-refractivity contribution >= 4 is 17.7 Å². The van der Waals surface area contributed by atoms with Crippen molar-refractivity contribution in [1.29, 1.82) is 0 Å². The molecule has 3 N–H and O–H groups in total. The molecule has 0 saturated heterocycles. The molecule has 0 bridgehead atoms. The van der Waals surface area contributed by atoms with Crippen molar-refractivity contribution in [2.75, 3.05) is 6.61 Å². The molecule has 1 heterocycles. The SMILES string of the molecule is CC(=O)OCC12CCC3C(CC(O)C4(O)CC=CC(=O)C34C)C1CCC2C(C)(O)C1CC(C)=C(C)C(=O)O1. The highest BCUT2D eigenvalue weighted by Crippen LogP contribution is 2.69. The molecular formula is C30H42O8. The summed E-state index contributed by atoms with van der Waals surface area (Å²) in [6, 6.07) is 0. The van der Waals surface area contributed by atoms with Gasteiger partial charge in [0.2, 0.25) is 0 Å². The Bertz CT molecular complexity index is 1110. The van der Waals surface area contributed by atoms with Crippen LogP contribution in [-0.4, -0.2) is 63.1 Å². The summed E-state index contributed by atoms with van der Waals surface area (Å²) in [6.07, 6.45) is 5.00. The van der Waals surface area contributed by atoms with Crippen LogP contribution in [0.15, 0.2) is 23.3 Å². The smallest absolute Gasteiger partial charge is 0.334 e. The van der Waals surface area contributed by atoms with Gasteiger partial charge in [-0.2, -0.15) is 0 Å². The lowest BCUT2D eigenvalue weighted by molar-refractivity contribution is -0.241. The highest BCUT2D eigenvalue weighted by Gasteiger charge is 2.71. The molecule has 5 aliphatic rings. The molecule has 0 aromatic rings. The maximum atomic E-state index is 13.3. The summed E-state index contributed by atoms with van der Waals surface area (Å²) in [5.41, 5.74) is -3.15. The average molecular weight is 531 g/mol. The molecule has 0 aromatic carbocycles. The van der Waals surface area contributed by atoms with Crippen molar-refractivity contribution in [1.82, 2.24) is 0 Å². The maximum Gasteiger partial charge on any atom is 0.334 e. The monoisotopic (exact) mass is 530 g/mol. The van der Waals surface area contributed by atoms with E-state index in [-0.39, 0.29) is 42.5 Å². The number of carbonyl (C=O) groups is 3. The Morgan fingerprint density at radius 1 is 1.21 bits per heavy atom. The van der Waals surface area contributed by atoms with E-state index in [1.807, 2.05) is 6.92 Å². The molecule has 210 valence electrons. The van der Waals surface area contributed by atoms with Crippen molar-refractivity contribution in [3.63, 3.8) is 0 Å². The Balaban J connectivity index is 1.53. The number of aliphatic hydroxyl groups excluding tert-OH is 1. The summed E-state index contributed by atoms with van der Waals surface area (Å²) >= 11 is 0. The van der Waals surface area contributed by atoms with E-state index in [4.69, 9.17) is 9.47 Å². The zero-order valence-electron chi connectivity index (χ0n) is 23.2. The van der Waals surface area contributed by atoms with E-state index < -0.39 is 46.2 Å². The number of carbonyl (C=O) groups excluding carboxylic acids is 3. The van der Waals surface area contributed by atoms with Crippen LogP contribution in [0.4, 0.5) is 0 Å². The summed E-state index contributed by atoms with van der Waals surface area (Å²) in [5, 5.41) is 35.0. The van der Waals surface area contributed by atoms with Crippen molar-refractivity contribution in [2.45, 2.75) is 103 Å². The van der Waals surface area contributed by atoms with Gasteiger partial charge in [-0.15, -0.1) is 0 Å². The predicted molar refractivity (Wildman–Crippen MR) is 137 cm³/mol. The fraction of sp³-hybridized carbons (Fsp3) is 0.767. The third kappa shape index (κ3) is 3.62. The highest BCUT2D eigenvalue weighted by molar-refractivity contribution is 5.97. The van der Waals surface area contributed by atoms with Gasteiger partial charge in [-0.3, -0.25) is 9.59 Å². The van der Waals surface area contributed by atoms with Gasteiger partial charge < -0.3 is 24.8 Å². The first-order chi connectivity index (χ1) is 17.7. The lowest BCUT2D eigenvalue weighted by Gasteiger charge is -2.63. The van der Waals surface area contributed by atoms with Crippen LogP contribution in [0.5, 0.6) is 0 Å². The van der Waals surface area contributed by atoms with Gasteiger partial charge in [0.25, 0.3) is 0 Å². The Hall–Kier alpha value is -2.03. The Labute approximate surface area is 224 Å². The fourth-order valence-corrected chi connectivity index (χ4v) is 9.33. The zero-order valence-corrected chi connectivity index (χ0v) is 23.2. The van der Waals surface area contributed by atoms with Gasteiger partial charge in [0.15, 0.2) is 5.78 Å². The van der Waals surface area contributed by atoms with Crippen molar-refractivity contribution in [3.05, 3.63) is 23.3 Å².